The molecule has 2 bridgehead atoms. The third kappa shape index (κ3) is 1.93. The minimum Gasteiger partial charge on any atom is -0.314 e. The Morgan fingerprint density at radius 1 is 1.00 bits per heavy atom. The molecule has 0 aromatic heterocycles. The average Bonchev–Trinajstić information content (AvgIpc) is 2.63. The van der Waals surface area contributed by atoms with Crippen molar-refractivity contribution in [3.8, 4) is 0 Å². The van der Waals surface area contributed by atoms with Gasteiger partial charge in [0, 0.05) is 25.2 Å². The summed E-state index contributed by atoms with van der Waals surface area (Å²) >= 11 is 0. The van der Waals surface area contributed by atoms with E-state index in [-0.39, 0.29) is 0 Å². The molecule has 1 saturated heterocycles. The van der Waals surface area contributed by atoms with Crippen LogP contribution < -0.4 is 5.32 Å². The summed E-state index contributed by atoms with van der Waals surface area (Å²) in [5, 5.41) is 3.42. The summed E-state index contributed by atoms with van der Waals surface area (Å²) in [6, 6.07) is 10.8. The van der Waals surface area contributed by atoms with Crippen LogP contribution in [0.4, 0.5) is 0 Å². The van der Waals surface area contributed by atoms with Crippen molar-refractivity contribution in [1.29, 1.82) is 0 Å². The van der Waals surface area contributed by atoms with Crippen molar-refractivity contribution in [2.45, 2.75) is 37.8 Å². The number of fused-ring (bicyclic) bond motifs is 3. The number of benzene rings is 1. The van der Waals surface area contributed by atoms with Crippen LogP contribution in [-0.4, -0.2) is 37.1 Å². The maximum atomic E-state index is 3.42. The molecule has 2 aliphatic carbocycles. The molecule has 4 rings (SSSR count). The van der Waals surface area contributed by atoms with Crippen molar-refractivity contribution in [2.24, 2.45) is 11.8 Å². The van der Waals surface area contributed by atoms with Gasteiger partial charge in [-0.15, -0.1) is 0 Å². The van der Waals surface area contributed by atoms with E-state index in [9.17, 15) is 0 Å². The summed E-state index contributed by atoms with van der Waals surface area (Å²) in [5.41, 5.74) is 3.25. The van der Waals surface area contributed by atoms with Crippen molar-refractivity contribution >= 4 is 0 Å². The fourth-order valence-electron chi connectivity index (χ4n) is 4.59. The van der Waals surface area contributed by atoms with Crippen LogP contribution >= 0.6 is 0 Å². The number of rotatable bonds is 2. The van der Waals surface area contributed by atoms with Crippen LogP contribution in [0.3, 0.4) is 0 Å². The highest BCUT2D eigenvalue weighted by molar-refractivity contribution is 5.31. The lowest BCUT2D eigenvalue weighted by Gasteiger charge is -2.43. The molecule has 3 aliphatic rings. The maximum Gasteiger partial charge on any atom is 0.0345 e. The third-order valence-corrected chi connectivity index (χ3v) is 5.76. The molecule has 1 aliphatic heterocycles. The van der Waals surface area contributed by atoms with E-state index in [1.54, 1.807) is 11.1 Å². The average molecular weight is 256 g/mol. The van der Waals surface area contributed by atoms with Gasteiger partial charge in [-0.3, -0.25) is 4.90 Å². The van der Waals surface area contributed by atoms with Crippen molar-refractivity contribution in [1.82, 2.24) is 10.2 Å². The Balaban J connectivity index is 1.62. The summed E-state index contributed by atoms with van der Waals surface area (Å²) in [6.07, 6.45) is 5.49. The molecule has 0 amide bonds. The first-order chi connectivity index (χ1) is 9.33. The van der Waals surface area contributed by atoms with Gasteiger partial charge >= 0.3 is 0 Å². The molecule has 2 unspecified atom stereocenters. The minimum atomic E-state index is 0.786. The fourth-order valence-corrected chi connectivity index (χ4v) is 4.59. The molecule has 0 radical (unpaired) electrons. The van der Waals surface area contributed by atoms with E-state index in [1.165, 1.54) is 38.8 Å². The highest BCUT2D eigenvalue weighted by Crippen LogP contribution is 2.42. The van der Waals surface area contributed by atoms with Crippen LogP contribution in [0.1, 0.15) is 24.0 Å². The van der Waals surface area contributed by atoms with Crippen LogP contribution in [0.2, 0.25) is 0 Å². The van der Waals surface area contributed by atoms with Gasteiger partial charge in [-0.2, -0.15) is 0 Å². The van der Waals surface area contributed by atoms with E-state index in [0.717, 1.165) is 23.9 Å². The minimum absolute atomic E-state index is 0.786. The zero-order chi connectivity index (χ0) is 12.8. The Hall–Kier alpha value is -0.860. The molecule has 2 nitrogen and oxygen atoms in total. The van der Waals surface area contributed by atoms with E-state index in [2.05, 4.69) is 41.5 Å². The van der Waals surface area contributed by atoms with Crippen LogP contribution in [0.15, 0.2) is 24.3 Å². The molecule has 1 aromatic rings. The van der Waals surface area contributed by atoms with Gasteiger partial charge < -0.3 is 5.32 Å². The van der Waals surface area contributed by atoms with Crippen LogP contribution in [-0.2, 0) is 12.8 Å². The number of hydrogen-bond acceptors (Lipinski definition) is 2. The predicted molar refractivity (Wildman–Crippen MR) is 78.3 cm³/mol. The first kappa shape index (κ1) is 11.9. The van der Waals surface area contributed by atoms with Crippen molar-refractivity contribution in [2.75, 3.05) is 20.1 Å². The first-order valence-electron chi connectivity index (χ1n) is 7.82. The Bertz CT molecular complexity index is 433. The second-order valence-corrected chi connectivity index (χ2v) is 6.74. The van der Waals surface area contributed by atoms with Crippen LogP contribution in [0, 0.1) is 11.8 Å². The van der Waals surface area contributed by atoms with Gasteiger partial charge in [0.05, 0.1) is 0 Å². The molecular formula is C17H24N2. The first-order valence-corrected chi connectivity index (χ1v) is 7.82. The Kier molecular flexibility index (Phi) is 2.89. The van der Waals surface area contributed by atoms with Gasteiger partial charge in [0.25, 0.3) is 0 Å². The second-order valence-electron chi connectivity index (χ2n) is 6.74. The molecule has 1 aromatic carbocycles. The molecular weight excluding hydrogens is 232 g/mol. The van der Waals surface area contributed by atoms with E-state index in [4.69, 9.17) is 0 Å². The summed E-state index contributed by atoms with van der Waals surface area (Å²) in [7, 11) is 2.37. The number of nitrogens with zero attached hydrogens (tertiary/aromatic N) is 1. The third-order valence-electron chi connectivity index (χ3n) is 5.76. The summed E-state index contributed by atoms with van der Waals surface area (Å²) < 4.78 is 0. The van der Waals surface area contributed by atoms with Crippen molar-refractivity contribution < 1.29 is 0 Å². The number of hydrogen-bond donors (Lipinski definition) is 1. The fraction of sp³-hybridized carbons (Fsp3) is 0.647. The Morgan fingerprint density at radius 2 is 1.58 bits per heavy atom. The molecule has 102 valence electrons. The van der Waals surface area contributed by atoms with Gasteiger partial charge in [0.15, 0.2) is 0 Å². The molecule has 2 fully saturated rings. The maximum absolute atomic E-state index is 3.42. The highest BCUT2D eigenvalue weighted by atomic mass is 15.2. The highest BCUT2D eigenvalue weighted by Gasteiger charge is 2.43. The van der Waals surface area contributed by atoms with Gasteiger partial charge in [0.1, 0.15) is 0 Å². The molecule has 0 spiro atoms. The lowest BCUT2D eigenvalue weighted by atomic mass is 9.92. The Labute approximate surface area is 116 Å². The second kappa shape index (κ2) is 4.60. The van der Waals surface area contributed by atoms with Gasteiger partial charge in [-0.25, -0.2) is 0 Å². The number of nitrogens with one attached hydrogen (secondary N) is 1. The number of likely N-dealkylation sites (N-methyl/N-ethyl adjacent to an activating group) is 1. The smallest absolute Gasteiger partial charge is 0.0345 e. The van der Waals surface area contributed by atoms with Gasteiger partial charge in [-0.1, -0.05) is 24.3 Å². The zero-order valence-corrected chi connectivity index (χ0v) is 11.8. The molecule has 1 heterocycles. The zero-order valence-electron chi connectivity index (χ0n) is 11.8. The van der Waals surface area contributed by atoms with E-state index in [0.29, 0.717) is 0 Å². The van der Waals surface area contributed by atoms with Crippen molar-refractivity contribution in [3.63, 3.8) is 0 Å². The molecule has 1 saturated carbocycles. The van der Waals surface area contributed by atoms with Gasteiger partial charge in [0.2, 0.25) is 0 Å². The molecule has 2 heteroatoms. The molecule has 1 N–H and O–H groups in total. The summed E-state index contributed by atoms with van der Waals surface area (Å²) in [5.74, 6) is 1.78. The molecule has 2 atom stereocenters. The SMILES string of the molecule is CN(C1CNC1)C1C2CCC1Cc1ccccc1C2. The van der Waals surface area contributed by atoms with Gasteiger partial charge in [-0.05, 0) is 55.7 Å². The molecule has 19 heavy (non-hydrogen) atoms. The normalized spacial score (nSPS) is 33.9. The van der Waals surface area contributed by atoms with E-state index >= 15 is 0 Å². The largest absolute Gasteiger partial charge is 0.314 e. The summed E-state index contributed by atoms with van der Waals surface area (Å²) in [4.78, 5) is 2.71. The Morgan fingerprint density at radius 3 is 2.05 bits per heavy atom. The van der Waals surface area contributed by atoms with E-state index < -0.39 is 0 Å². The quantitative estimate of drug-likeness (QED) is 0.871. The van der Waals surface area contributed by atoms with Crippen LogP contribution in [0.5, 0.6) is 0 Å². The van der Waals surface area contributed by atoms with Crippen molar-refractivity contribution in [3.05, 3.63) is 35.4 Å². The van der Waals surface area contributed by atoms with E-state index in [1.807, 2.05) is 0 Å². The monoisotopic (exact) mass is 256 g/mol. The van der Waals surface area contributed by atoms with Crippen LogP contribution in [0.25, 0.3) is 0 Å². The lowest BCUT2D eigenvalue weighted by molar-refractivity contribution is 0.0805. The summed E-state index contributed by atoms with van der Waals surface area (Å²) in [6.45, 7) is 2.39. The topological polar surface area (TPSA) is 15.3 Å². The lowest BCUT2D eigenvalue weighted by Crippen LogP contribution is -2.60. The standard InChI is InChI=1S/C17H24N2/c1-19(16-10-18-11-16)17-14-6-7-15(17)9-13-5-3-2-4-12(13)8-14/h2-5,14-18H,6-11H2,1H3. The predicted octanol–water partition coefficient (Wildman–Crippen LogP) is 2.08.